The predicted octanol–water partition coefficient (Wildman–Crippen LogP) is 3.51. The molecule has 2 aliphatic rings. The Morgan fingerprint density at radius 3 is 2.62 bits per heavy atom. The molecule has 0 unspecified atom stereocenters. The number of carbonyl (C=O) groups excluding carboxylic acids is 1. The van der Waals surface area contributed by atoms with E-state index in [1.54, 1.807) is 12.4 Å². The van der Waals surface area contributed by atoms with Crippen molar-refractivity contribution >= 4 is 16.9 Å². The number of H-pyrrole nitrogens is 1. The Hall–Kier alpha value is -3.45. The highest BCUT2D eigenvalue weighted by atomic mass is 16.3. The third-order valence-corrected chi connectivity index (χ3v) is 7.15. The third kappa shape index (κ3) is 3.12. The highest BCUT2D eigenvalue weighted by Gasteiger charge is 2.44. The second-order valence-corrected chi connectivity index (χ2v) is 8.96. The summed E-state index contributed by atoms with van der Waals surface area (Å²) in [6.45, 7) is 1.40. The zero-order valence-electron chi connectivity index (χ0n) is 17.6. The zero-order valence-corrected chi connectivity index (χ0v) is 17.6. The topological polar surface area (TPSA) is 87.0 Å². The monoisotopic (exact) mass is 427 g/mol. The Bertz CT molecular complexity index is 1260. The van der Waals surface area contributed by atoms with E-state index in [-0.39, 0.29) is 11.9 Å². The Labute approximate surface area is 185 Å². The van der Waals surface area contributed by atoms with Crippen LogP contribution < -0.4 is 0 Å². The molecular weight excluding hydrogens is 402 g/mol. The van der Waals surface area contributed by atoms with Crippen LogP contribution in [0, 0.1) is 11.8 Å². The molecule has 1 amide bonds. The normalized spacial score (nSPS) is 25.2. The molecule has 4 atom stereocenters. The maximum Gasteiger partial charge on any atom is 0.254 e. The molecule has 2 N–H and O–H groups in total. The lowest BCUT2D eigenvalue weighted by Gasteiger charge is -2.36. The molecule has 1 aliphatic heterocycles. The molecule has 2 aromatic carbocycles. The highest BCUT2D eigenvalue weighted by Crippen LogP contribution is 2.42. The summed E-state index contributed by atoms with van der Waals surface area (Å²) in [5, 5.41) is 11.0. The molecule has 1 saturated carbocycles. The van der Waals surface area contributed by atoms with Crippen LogP contribution in [0.25, 0.3) is 22.4 Å². The van der Waals surface area contributed by atoms with Crippen LogP contribution in [-0.4, -0.2) is 54.6 Å². The molecule has 0 bridgehead atoms. The van der Waals surface area contributed by atoms with Gasteiger partial charge in [0, 0.05) is 31.0 Å². The number of aromatic nitrogens is 4. The molecule has 2 aromatic heterocycles. The van der Waals surface area contributed by atoms with E-state index in [0.717, 1.165) is 23.0 Å². The van der Waals surface area contributed by atoms with Crippen LogP contribution in [0.15, 0.2) is 67.3 Å². The minimum absolute atomic E-state index is 0.0193. The summed E-state index contributed by atoms with van der Waals surface area (Å²) >= 11 is 0. The van der Waals surface area contributed by atoms with Gasteiger partial charge in [0.05, 0.1) is 35.1 Å². The van der Waals surface area contributed by atoms with E-state index in [1.165, 1.54) is 0 Å². The molecule has 6 rings (SSSR count). The van der Waals surface area contributed by atoms with Gasteiger partial charge in [0.2, 0.25) is 0 Å². The molecule has 0 spiro atoms. The maximum atomic E-state index is 13.5. The van der Waals surface area contributed by atoms with Gasteiger partial charge in [-0.25, -0.2) is 9.97 Å². The number of aliphatic hydroxyl groups excluding tert-OH is 1. The number of nitrogens with zero attached hydrogens (tertiary/aromatic N) is 4. The Kier molecular flexibility index (Phi) is 4.57. The molecule has 1 saturated heterocycles. The summed E-state index contributed by atoms with van der Waals surface area (Å²) in [5.41, 5.74) is 3.48. The number of rotatable bonds is 3. The van der Waals surface area contributed by atoms with E-state index < -0.39 is 6.10 Å². The maximum absolute atomic E-state index is 13.5. The van der Waals surface area contributed by atoms with E-state index in [4.69, 9.17) is 0 Å². The highest BCUT2D eigenvalue weighted by molar-refractivity contribution is 6.00. The van der Waals surface area contributed by atoms with E-state index in [1.807, 2.05) is 53.7 Å². The number of aliphatic hydroxyl groups is 1. The summed E-state index contributed by atoms with van der Waals surface area (Å²) < 4.78 is 2.12. The Morgan fingerprint density at radius 2 is 1.78 bits per heavy atom. The van der Waals surface area contributed by atoms with Gasteiger partial charge in [-0.3, -0.25) is 4.79 Å². The van der Waals surface area contributed by atoms with Gasteiger partial charge < -0.3 is 19.6 Å². The third-order valence-electron chi connectivity index (χ3n) is 7.15. The van der Waals surface area contributed by atoms with Crippen LogP contribution in [-0.2, 0) is 0 Å². The van der Waals surface area contributed by atoms with E-state index in [2.05, 4.69) is 25.6 Å². The fourth-order valence-corrected chi connectivity index (χ4v) is 5.57. The number of imidazole rings is 2. The molecule has 7 heteroatoms. The fourth-order valence-electron chi connectivity index (χ4n) is 5.57. The van der Waals surface area contributed by atoms with Crippen LogP contribution in [0.2, 0.25) is 0 Å². The average molecular weight is 428 g/mol. The van der Waals surface area contributed by atoms with Crippen LogP contribution in [0.5, 0.6) is 0 Å². The second kappa shape index (κ2) is 7.60. The largest absolute Gasteiger partial charge is 0.391 e. The molecular formula is C25H25N5O2. The molecule has 4 aromatic rings. The van der Waals surface area contributed by atoms with Crippen molar-refractivity contribution in [2.75, 3.05) is 13.1 Å². The summed E-state index contributed by atoms with van der Waals surface area (Å²) in [6, 6.07) is 15.6. The summed E-state index contributed by atoms with van der Waals surface area (Å²) in [7, 11) is 0. The van der Waals surface area contributed by atoms with Crippen molar-refractivity contribution in [3.05, 3.63) is 72.8 Å². The number of hydrogen-bond donors (Lipinski definition) is 2. The van der Waals surface area contributed by atoms with Crippen LogP contribution in [0.4, 0.5) is 0 Å². The second-order valence-electron chi connectivity index (χ2n) is 8.96. The predicted molar refractivity (Wildman–Crippen MR) is 121 cm³/mol. The van der Waals surface area contributed by atoms with Crippen molar-refractivity contribution in [1.29, 1.82) is 0 Å². The number of para-hydroxylation sites is 2. The molecule has 2 fully saturated rings. The first-order valence-electron chi connectivity index (χ1n) is 11.2. The number of fused-ring (bicyclic) bond motifs is 2. The first-order chi connectivity index (χ1) is 15.7. The fraction of sp³-hybridized carbons (Fsp3) is 0.320. The van der Waals surface area contributed by atoms with Crippen LogP contribution >= 0.6 is 0 Å². The molecule has 7 nitrogen and oxygen atoms in total. The summed E-state index contributed by atoms with van der Waals surface area (Å²) in [6.07, 6.45) is 6.40. The van der Waals surface area contributed by atoms with Crippen molar-refractivity contribution in [2.45, 2.75) is 25.0 Å². The van der Waals surface area contributed by atoms with Gasteiger partial charge in [0.15, 0.2) is 0 Å². The van der Waals surface area contributed by atoms with E-state index in [9.17, 15) is 9.90 Å². The van der Waals surface area contributed by atoms with Crippen molar-refractivity contribution < 1.29 is 9.90 Å². The smallest absolute Gasteiger partial charge is 0.254 e. The van der Waals surface area contributed by atoms with Crippen LogP contribution in [0.1, 0.15) is 29.2 Å². The first kappa shape index (κ1) is 19.3. The lowest BCUT2D eigenvalue weighted by atomic mass is 9.77. The Morgan fingerprint density at radius 1 is 1.00 bits per heavy atom. The minimum Gasteiger partial charge on any atom is -0.391 e. The van der Waals surface area contributed by atoms with Gasteiger partial charge in [0.25, 0.3) is 5.91 Å². The average Bonchev–Trinajstić information content (AvgIpc) is 3.57. The van der Waals surface area contributed by atoms with Gasteiger partial charge in [-0.05, 0) is 42.9 Å². The van der Waals surface area contributed by atoms with Gasteiger partial charge in [0.1, 0.15) is 5.82 Å². The first-order valence-corrected chi connectivity index (χ1v) is 11.2. The number of carbonyl (C=O) groups is 1. The van der Waals surface area contributed by atoms with Crippen LogP contribution in [0.3, 0.4) is 0 Å². The van der Waals surface area contributed by atoms with E-state index >= 15 is 0 Å². The van der Waals surface area contributed by atoms with Gasteiger partial charge in [-0.2, -0.15) is 0 Å². The van der Waals surface area contributed by atoms with Gasteiger partial charge in [-0.1, -0.05) is 30.3 Å². The quantitative estimate of drug-likeness (QED) is 0.524. The number of amides is 1. The van der Waals surface area contributed by atoms with E-state index in [0.29, 0.717) is 42.7 Å². The van der Waals surface area contributed by atoms with Crippen molar-refractivity contribution in [3.8, 4) is 11.4 Å². The SMILES string of the molecule is O=C(c1ccccc1-c1ncc[nH]1)N1C[C@H]2C[C@@H](n3cnc4ccccc43)[C@H](O)C[C@H]2C1. The van der Waals surface area contributed by atoms with Gasteiger partial charge >= 0.3 is 0 Å². The molecule has 0 radical (unpaired) electrons. The standard InChI is InChI=1S/C25H25N5O2/c31-23-12-17-14-29(25(32)19-6-2-1-5-18(19)24-26-9-10-27-24)13-16(17)11-22(23)30-15-28-20-7-3-4-8-21(20)30/h1-10,15-17,22-23,31H,11-14H2,(H,26,27)/t16-,17+,22-,23-/m1/s1. The van der Waals surface area contributed by atoms with Gasteiger partial charge in [-0.15, -0.1) is 0 Å². The lowest BCUT2D eigenvalue weighted by Crippen LogP contribution is -2.36. The molecule has 32 heavy (non-hydrogen) atoms. The van der Waals surface area contributed by atoms with Crippen molar-refractivity contribution in [3.63, 3.8) is 0 Å². The number of nitrogens with one attached hydrogen (secondary N) is 1. The lowest BCUT2D eigenvalue weighted by molar-refractivity contribution is 0.0374. The molecule has 1 aliphatic carbocycles. The van der Waals surface area contributed by atoms with Crippen molar-refractivity contribution in [2.24, 2.45) is 11.8 Å². The minimum atomic E-state index is -0.445. The number of hydrogen-bond acceptors (Lipinski definition) is 4. The Balaban J connectivity index is 1.24. The number of aromatic amines is 1. The number of benzene rings is 2. The number of likely N-dealkylation sites (tertiary alicyclic amines) is 1. The van der Waals surface area contributed by atoms with Crippen molar-refractivity contribution in [1.82, 2.24) is 24.4 Å². The summed E-state index contributed by atoms with van der Waals surface area (Å²) in [5.74, 6) is 1.42. The summed E-state index contributed by atoms with van der Waals surface area (Å²) in [4.78, 5) is 27.4. The zero-order chi connectivity index (χ0) is 21.7. The molecule has 3 heterocycles. The molecule has 162 valence electrons.